The summed E-state index contributed by atoms with van der Waals surface area (Å²) in [4.78, 5) is 0. The molecular formula is C16H21B2NO2. The summed E-state index contributed by atoms with van der Waals surface area (Å²) in [5.74, 6) is 0. The minimum Gasteiger partial charge on any atom is -0.434 e. The number of fused-ring (bicyclic) bond motifs is 1. The predicted molar refractivity (Wildman–Crippen MR) is 91.8 cm³/mol. The van der Waals surface area contributed by atoms with E-state index >= 15 is 0 Å². The van der Waals surface area contributed by atoms with Gasteiger partial charge in [0.05, 0.1) is 11.2 Å². The summed E-state index contributed by atoms with van der Waals surface area (Å²) in [5.41, 5.74) is 1.58. The molecule has 2 aromatic carbocycles. The van der Waals surface area contributed by atoms with E-state index in [1.54, 1.807) is 0 Å². The molecule has 0 unspecified atom stereocenters. The van der Waals surface area contributed by atoms with Crippen LogP contribution < -0.4 is 10.7 Å². The second kappa shape index (κ2) is 4.79. The monoisotopic (exact) mass is 281 g/mol. The number of anilines is 1. The van der Waals surface area contributed by atoms with Gasteiger partial charge < -0.3 is 14.5 Å². The third-order valence-corrected chi connectivity index (χ3v) is 4.68. The smallest absolute Gasteiger partial charge is 0.434 e. The van der Waals surface area contributed by atoms with Crippen LogP contribution in [0.1, 0.15) is 27.7 Å². The molecule has 0 aliphatic carbocycles. The van der Waals surface area contributed by atoms with Crippen molar-refractivity contribution in [1.82, 2.24) is 0 Å². The molecule has 0 atom stereocenters. The van der Waals surface area contributed by atoms with Crippen molar-refractivity contribution in [3.05, 3.63) is 36.4 Å². The van der Waals surface area contributed by atoms with Crippen LogP contribution in [0.25, 0.3) is 10.8 Å². The quantitative estimate of drug-likeness (QED) is 0.855. The fourth-order valence-electron chi connectivity index (χ4n) is 2.55. The van der Waals surface area contributed by atoms with Crippen LogP contribution in [0.4, 0.5) is 5.69 Å². The summed E-state index contributed by atoms with van der Waals surface area (Å²) < 4.78 is 12.2. The van der Waals surface area contributed by atoms with Gasteiger partial charge in [0.25, 0.3) is 0 Å². The first-order chi connectivity index (χ1) is 9.82. The SMILES string of the molecule is BNc1ccc2cc(B3OC(C)(C)C(C)(C)O3)ccc2c1. The number of hydrogen-bond acceptors (Lipinski definition) is 3. The van der Waals surface area contributed by atoms with Gasteiger partial charge >= 0.3 is 7.12 Å². The Bertz CT molecular complexity index is 669. The Morgan fingerprint density at radius 3 is 2.10 bits per heavy atom. The molecule has 0 saturated carbocycles. The maximum Gasteiger partial charge on any atom is 0.494 e. The molecule has 3 rings (SSSR count). The van der Waals surface area contributed by atoms with Crippen molar-refractivity contribution in [2.24, 2.45) is 0 Å². The highest BCUT2D eigenvalue weighted by Crippen LogP contribution is 2.36. The van der Waals surface area contributed by atoms with Crippen molar-refractivity contribution in [3.63, 3.8) is 0 Å². The van der Waals surface area contributed by atoms with Gasteiger partial charge in [-0.2, -0.15) is 0 Å². The van der Waals surface area contributed by atoms with E-state index in [1.165, 1.54) is 10.8 Å². The topological polar surface area (TPSA) is 30.5 Å². The third kappa shape index (κ3) is 2.45. The Morgan fingerprint density at radius 2 is 1.48 bits per heavy atom. The second-order valence-electron chi connectivity index (χ2n) is 6.66. The normalized spacial score (nSPS) is 19.9. The Labute approximate surface area is 127 Å². The molecule has 21 heavy (non-hydrogen) atoms. The number of nitrogens with one attached hydrogen (secondary N) is 1. The predicted octanol–water partition coefficient (Wildman–Crippen LogP) is 2.10. The summed E-state index contributed by atoms with van der Waals surface area (Å²) in [6, 6.07) is 12.7. The van der Waals surface area contributed by atoms with Crippen molar-refractivity contribution >= 4 is 37.0 Å². The van der Waals surface area contributed by atoms with Gasteiger partial charge in [-0.05, 0) is 56.1 Å². The lowest BCUT2D eigenvalue weighted by molar-refractivity contribution is 0.00578. The van der Waals surface area contributed by atoms with E-state index < -0.39 is 0 Å². The summed E-state index contributed by atoms with van der Waals surface area (Å²) in [6.45, 7) is 8.31. The zero-order valence-corrected chi connectivity index (χ0v) is 13.4. The van der Waals surface area contributed by atoms with Crippen LogP contribution in [0.5, 0.6) is 0 Å². The van der Waals surface area contributed by atoms with Gasteiger partial charge in [0.1, 0.15) is 0 Å². The fourth-order valence-corrected chi connectivity index (χ4v) is 2.55. The molecule has 1 N–H and O–H groups in total. The second-order valence-corrected chi connectivity index (χ2v) is 6.66. The first-order valence-corrected chi connectivity index (χ1v) is 7.39. The minimum atomic E-state index is -0.303. The van der Waals surface area contributed by atoms with E-state index in [0.717, 1.165) is 11.2 Å². The first kappa shape index (κ1) is 14.5. The standard InChI is InChI=1S/C16H21B2NO2/c1-15(2)16(3,4)21-18(20-15)13-7-5-12-10-14(19-17)8-6-11(12)9-13/h5-10,19H,17H2,1-4H3. The van der Waals surface area contributed by atoms with Crippen molar-refractivity contribution < 1.29 is 9.31 Å². The highest BCUT2D eigenvalue weighted by molar-refractivity contribution is 6.62. The summed E-state index contributed by atoms with van der Waals surface area (Å²) >= 11 is 0. The van der Waals surface area contributed by atoms with Gasteiger partial charge in [0.2, 0.25) is 7.98 Å². The lowest BCUT2D eigenvalue weighted by Gasteiger charge is -2.32. The molecule has 0 spiro atoms. The van der Waals surface area contributed by atoms with Crippen molar-refractivity contribution in [1.29, 1.82) is 0 Å². The van der Waals surface area contributed by atoms with Crippen molar-refractivity contribution in [3.8, 4) is 0 Å². The van der Waals surface area contributed by atoms with E-state index in [1.807, 2.05) is 7.98 Å². The Balaban J connectivity index is 1.96. The lowest BCUT2D eigenvalue weighted by atomic mass is 9.78. The van der Waals surface area contributed by atoms with Crippen LogP contribution in [-0.4, -0.2) is 26.3 Å². The van der Waals surface area contributed by atoms with Crippen molar-refractivity contribution in [2.75, 3.05) is 5.23 Å². The van der Waals surface area contributed by atoms with E-state index in [-0.39, 0.29) is 18.3 Å². The average molecular weight is 281 g/mol. The van der Waals surface area contributed by atoms with Crippen LogP contribution in [0.2, 0.25) is 0 Å². The van der Waals surface area contributed by atoms with Gasteiger partial charge in [-0.15, -0.1) is 0 Å². The number of benzene rings is 2. The van der Waals surface area contributed by atoms with Crippen molar-refractivity contribution in [2.45, 2.75) is 38.9 Å². The van der Waals surface area contributed by atoms with Crippen LogP contribution in [0.3, 0.4) is 0 Å². The van der Waals surface area contributed by atoms with Gasteiger partial charge in [-0.1, -0.05) is 24.3 Å². The molecule has 0 amide bonds. The molecule has 2 aromatic rings. The molecule has 1 saturated heterocycles. The molecule has 3 nitrogen and oxygen atoms in total. The molecule has 5 heteroatoms. The summed E-state index contributed by atoms with van der Waals surface area (Å²) in [6.07, 6.45) is 0. The van der Waals surface area contributed by atoms with Crippen LogP contribution in [0.15, 0.2) is 36.4 Å². The maximum absolute atomic E-state index is 6.11. The Hall–Kier alpha value is -1.45. The number of rotatable bonds is 2. The highest BCUT2D eigenvalue weighted by atomic mass is 16.7. The van der Waals surface area contributed by atoms with Crippen LogP contribution in [-0.2, 0) is 9.31 Å². The van der Waals surface area contributed by atoms with Crippen LogP contribution >= 0.6 is 0 Å². The summed E-state index contributed by atoms with van der Waals surface area (Å²) in [7, 11) is 1.63. The molecule has 0 aromatic heterocycles. The largest absolute Gasteiger partial charge is 0.494 e. The molecule has 0 bridgehead atoms. The Morgan fingerprint density at radius 1 is 0.905 bits per heavy atom. The zero-order chi connectivity index (χ0) is 15.3. The van der Waals surface area contributed by atoms with Gasteiger partial charge in [0.15, 0.2) is 0 Å². The molecule has 108 valence electrons. The number of hydrogen-bond donors (Lipinski definition) is 1. The van der Waals surface area contributed by atoms with E-state index in [0.29, 0.717) is 0 Å². The van der Waals surface area contributed by atoms with E-state index in [4.69, 9.17) is 9.31 Å². The molecule has 1 heterocycles. The molecule has 1 aliphatic rings. The molecule has 0 radical (unpaired) electrons. The van der Waals surface area contributed by atoms with Gasteiger partial charge in [-0.25, -0.2) is 0 Å². The maximum atomic E-state index is 6.11. The third-order valence-electron chi connectivity index (χ3n) is 4.68. The van der Waals surface area contributed by atoms with E-state index in [9.17, 15) is 0 Å². The summed E-state index contributed by atoms with van der Waals surface area (Å²) in [5, 5.41) is 5.57. The average Bonchev–Trinajstić information content (AvgIpc) is 2.66. The lowest BCUT2D eigenvalue weighted by Crippen LogP contribution is -2.41. The minimum absolute atomic E-state index is 0.302. The molecule has 1 fully saturated rings. The van der Waals surface area contributed by atoms with E-state index in [2.05, 4.69) is 69.3 Å². The van der Waals surface area contributed by atoms with Crippen LogP contribution in [0, 0.1) is 0 Å². The first-order valence-electron chi connectivity index (χ1n) is 7.39. The van der Waals surface area contributed by atoms with Gasteiger partial charge in [-0.3, -0.25) is 0 Å². The molecular weight excluding hydrogens is 260 g/mol. The fraction of sp³-hybridized carbons (Fsp3) is 0.375. The zero-order valence-electron chi connectivity index (χ0n) is 13.4. The Kier molecular flexibility index (Phi) is 3.30. The highest BCUT2D eigenvalue weighted by Gasteiger charge is 2.51. The van der Waals surface area contributed by atoms with Gasteiger partial charge in [0, 0.05) is 5.69 Å². The molecule has 1 aliphatic heterocycles.